The standard InChI is InChI=1S/C13H12F2N2S2/c1-7-11(16-8(2)17-12(7)18)9-3-5-10(6-4-9)19-13(14)15/h3-6,13H,1-2H3,(H,16,17,18). The second-order valence-corrected chi connectivity index (χ2v) is 5.48. The highest BCUT2D eigenvalue weighted by atomic mass is 32.2. The number of rotatable bonds is 3. The van der Waals surface area contributed by atoms with Gasteiger partial charge in [-0.3, -0.25) is 0 Å². The quantitative estimate of drug-likeness (QED) is 0.655. The first kappa shape index (κ1) is 14.1. The van der Waals surface area contributed by atoms with E-state index in [0.717, 1.165) is 22.6 Å². The molecule has 0 saturated carbocycles. The predicted molar refractivity (Wildman–Crippen MR) is 76.2 cm³/mol. The maximum absolute atomic E-state index is 12.2. The average Bonchev–Trinajstić information content (AvgIpc) is 2.34. The summed E-state index contributed by atoms with van der Waals surface area (Å²) in [6, 6.07) is 6.96. The van der Waals surface area contributed by atoms with Crippen molar-refractivity contribution in [3.8, 4) is 11.3 Å². The van der Waals surface area contributed by atoms with E-state index in [1.165, 1.54) is 0 Å². The van der Waals surface area contributed by atoms with Gasteiger partial charge in [0, 0.05) is 10.5 Å². The second-order valence-electron chi connectivity index (χ2n) is 4.03. The summed E-state index contributed by atoms with van der Waals surface area (Å²) in [5, 5.41) is 0. The fourth-order valence-electron chi connectivity index (χ4n) is 1.74. The number of nitrogens with one attached hydrogen (secondary N) is 1. The van der Waals surface area contributed by atoms with Crippen molar-refractivity contribution >= 4 is 24.0 Å². The third kappa shape index (κ3) is 3.39. The average molecular weight is 298 g/mol. The minimum atomic E-state index is -2.40. The molecule has 0 bridgehead atoms. The molecule has 0 atom stereocenters. The predicted octanol–water partition coefficient (Wildman–Crippen LogP) is 4.74. The molecular weight excluding hydrogens is 286 g/mol. The number of aromatic nitrogens is 2. The molecule has 1 N–H and O–H groups in total. The van der Waals surface area contributed by atoms with E-state index in [-0.39, 0.29) is 0 Å². The molecule has 0 spiro atoms. The van der Waals surface area contributed by atoms with Crippen LogP contribution < -0.4 is 0 Å². The number of thioether (sulfide) groups is 1. The second kappa shape index (κ2) is 5.79. The van der Waals surface area contributed by atoms with E-state index in [4.69, 9.17) is 12.2 Å². The summed E-state index contributed by atoms with van der Waals surface area (Å²) in [7, 11) is 0. The van der Waals surface area contributed by atoms with Crippen LogP contribution in [-0.4, -0.2) is 15.7 Å². The van der Waals surface area contributed by atoms with Gasteiger partial charge in [0.05, 0.1) is 5.69 Å². The normalized spacial score (nSPS) is 11.0. The van der Waals surface area contributed by atoms with E-state index in [2.05, 4.69) is 9.97 Å². The molecule has 1 aromatic heterocycles. The van der Waals surface area contributed by atoms with Crippen molar-refractivity contribution in [2.24, 2.45) is 0 Å². The van der Waals surface area contributed by atoms with Gasteiger partial charge in [0.15, 0.2) is 0 Å². The van der Waals surface area contributed by atoms with Crippen LogP contribution in [-0.2, 0) is 0 Å². The van der Waals surface area contributed by atoms with E-state index in [1.807, 2.05) is 13.8 Å². The Balaban J connectivity index is 2.40. The zero-order valence-electron chi connectivity index (χ0n) is 10.4. The molecule has 0 aliphatic carbocycles. The van der Waals surface area contributed by atoms with Crippen LogP contribution in [0, 0.1) is 18.5 Å². The van der Waals surface area contributed by atoms with E-state index in [0.29, 0.717) is 21.3 Å². The van der Waals surface area contributed by atoms with Crippen LogP contribution in [0.4, 0.5) is 8.78 Å². The lowest BCUT2D eigenvalue weighted by Gasteiger charge is -2.08. The monoisotopic (exact) mass is 298 g/mol. The number of nitrogens with zero attached hydrogens (tertiary/aromatic N) is 1. The largest absolute Gasteiger partial charge is 0.343 e. The molecule has 0 unspecified atom stereocenters. The van der Waals surface area contributed by atoms with Gasteiger partial charge in [0.25, 0.3) is 5.76 Å². The number of hydrogen-bond donors (Lipinski definition) is 1. The minimum Gasteiger partial charge on any atom is -0.343 e. The van der Waals surface area contributed by atoms with Gasteiger partial charge in [-0.2, -0.15) is 8.78 Å². The van der Waals surface area contributed by atoms with Crippen molar-refractivity contribution < 1.29 is 8.78 Å². The van der Waals surface area contributed by atoms with Crippen molar-refractivity contribution in [3.05, 3.63) is 40.3 Å². The summed E-state index contributed by atoms with van der Waals surface area (Å²) in [5.41, 5.74) is 2.67. The van der Waals surface area contributed by atoms with Crippen LogP contribution in [0.2, 0.25) is 0 Å². The lowest BCUT2D eigenvalue weighted by Crippen LogP contribution is -1.96. The maximum Gasteiger partial charge on any atom is 0.288 e. The molecule has 0 amide bonds. The van der Waals surface area contributed by atoms with Crippen LogP contribution >= 0.6 is 24.0 Å². The van der Waals surface area contributed by atoms with Crippen molar-refractivity contribution in [2.45, 2.75) is 24.5 Å². The van der Waals surface area contributed by atoms with Gasteiger partial charge in [-0.25, -0.2) is 4.98 Å². The third-order valence-corrected chi connectivity index (χ3v) is 3.76. The van der Waals surface area contributed by atoms with Gasteiger partial charge in [-0.15, -0.1) is 0 Å². The Morgan fingerprint density at radius 2 is 1.84 bits per heavy atom. The first-order chi connectivity index (χ1) is 8.97. The number of benzene rings is 1. The summed E-state index contributed by atoms with van der Waals surface area (Å²) in [5.74, 6) is -1.67. The molecule has 6 heteroatoms. The Bertz CT molecular complexity index is 636. The van der Waals surface area contributed by atoms with E-state index in [1.54, 1.807) is 24.3 Å². The zero-order valence-corrected chi connectivity index (χ0v) is 12.0. The minimum absolute atomic E-state index is 0.536. The van der Waals surface area contributed by atoms with Crippen molar-refractivity contribution in [3.63, 3.8) is 0 Å². The summed E-state index contributed by atoms with van der Waals surface area (Å²) < 4.78 is 25.1. The number of halogens is 2. The van der Waals surface area contributed by atoms with Crippen LogP contribution in [0.15, 0.2) is 29.2 Å². The third-order valence-electron chi connectivity index (χ3n) is 2.64. The summed E-state index contributed by atoms with van der Waals surface area (Å²) in [4.78, 5) is 7.87. The van der Waals surface area contributed by atoms with Crippen molar-refractivity contribution in [2.75, 3.05) is 0 Å². The highest BCUT2D eigenvalue weighted by Gasteiger charge is 2.08. The molecule has 0 radical (unpaired) electrons. The molecule has 1 aromatic carbocycles. The van der Waals surface area contributed by atoms with Gasteiger partial charge >= 0.3 is 0 Å². The van der Waals surface area contributed by atoms with Gasteiger partial charge < -0.3 is 4.98 Å². The fourth-order valence-corrected chi connectivity index (χ4v) is 2.48. The highest BCUT2D eigenvalue weighted by molar-refractivity contribution is 7.99. The number of alkyl halides is 2. The SMILES string of the molecule is Cc1nc(=S)c(C)c(-c2ccc(SC(F)F)cc2)[nH]1. The van der Waals surface area contributed by atoms with E-state index < -0.39 is 5.76 Å². The number of hydrogen-bond acceptors (Lipinski definition) is 3. The number of H-pyrrole nitrogens is 1. The zero-order chi connectivity index (χ0) is 14.0. The first-order valence-corrected chi connectivity index (χ1v) is 6.89. The summed E-state index contributed by atoms with van der Waals surface area (Å²) in [6.07, 6.45) is 0. The highest BCUT2D eigenvalue weighted by Crippen LogP contribution is 2.28. The van der Waals surface area contributed by atoms with Crippen molar-refractivity contribution in [1.82, 2.24) is 9.97 Å². The molecule has 2 nitrogen and oxygen atoms in total. The molecule has 0 fully saturated rings. The van der Waals surface area contributed by atoms with Gasteiger partial charge in [-0.1, -0.05) is 36.1 Å². The van der Waals surface area contributed by atoms with E-state index >= 15 is 0 Å². The molecule has 100 valence electrons. The lowest BCUT2D eigenvalue weighted by atomic mass is 10.1. The Hall–Kier alpha value is -1.27. The topological polar surface area (TPSA) is 28.7 Å². The van der Waals surface area contributed by atoms with Crippen LogP contribution in [0.5, 0.6) is 0 Å². The van der Waals surface area contributed by atoms with Crippen LogP contribution in [0.1, 0.15) is 11.4 Å². The fraction of sp³-hybridized carbons (Fsp3) is 0.231. The molecule has 2 rings (SSSR count). The Labute approximate surface area is 119 Å². The molecule has 2 aromatic rings. The summed E-state index contributed by atoms with van der Waals surface area (Å²) >= 11 is 5.71. The smallest absolute Gasteiger partial charge is 0.288 e. The first-order valence-electron chi connectivity index (χ1n) is 5.60. The maximum atomic E-state index is 12.2. The molecule has 0 aliphatic rings. The molecular formula is C13H12F2N2S2. The van der Waals surface area contributed by atoms with Crippen molar-refractivity contribution in [1.29, 1.82) is 0 Å². The Kier molecular flexibility index (Phi) is 4.31. The van der Waals surface area contributed by atoms with Crippen LogP contribution in [0.25, 0.3) is 11.3 Å². The lowest BCUT2D eigenvalue weighted by molar-refractivity contribution is 0.252. The summed E-state index contributed by atoms with van der Waals surface area (Å²) in [6.45, 7) is 3.72. The van der Waals surface area contributed by atoms with Crippen LogP contribution in [0.3, 0.4) is 0 Å². The molecule has 0 aliphatic heterocycles. The number of aromatic amines is 1. The Morgan fingerprint density at radius 1 is 1.21 bits per heavy atom. The van der Waals surface area contributed by atoms with Gasteiger partial charge in [0.1, 0.15) is 10.5 Å². The van der Waals surface area contributed by atoms with Gasteiger partial charge in [0.2, 0.25) is 0 Å². The number of aryl methyl sites for hydroxylation is 1. The van der Waals surface area contributed by atoms with Gasteiger partial charge in [-0.05, 0) is 31.5 Å². The molecule has 19 heavy (non-hydrogen) atoms. The Morgan fingerprint density at radius 3 is 2.42 bits per heavy atom. The molecule has 0 saturated heterocycles. The van der Waals surface area contributed by atoms with E-state index in [9.17, 15) is 8.78 Å². The molecule has 1 heterocycles.